The Bertz CT molecular complexity index is 1190. The molecule has 2 N–H and O–H groups in total. The van der Waals surface area contributed by atoms with Crippen LogP contribution in [0.5, 0.6) is 11.5 Å². The van der Waals surface area contributed by atoms with Crippen molar-refractivity contribution in [1.82, 2.24) is 15.5 Å². The molecule has 31 heavy (non-hydrogen) atoms. The van der Waals surface area contributed by atoms with Crippen LogP contribution < -0.4 is 19.5 Å². The number of carbonyl (C=O) groups is 1. The summed E-state index contributed by atoms with van der Waals surface area (Å²) in [7, 11) is -3.35. The molecule has 1 aliphatic heterocycles. The minimum Gasteiger partial charge on any atom is -0.454 e. The highest BCUT2D eigenvalue weighted by Crippen LogP contribution is 2.32. The summed E-state index contributed by atoms with van der Waals surface area (Å²) in [6.07, 6.45) is 1.08. The average molecular weight is 463 g/mol. The molecule has 0 saturated heterocycles. The molecule has 162 valence electrons. The summed E-state index contributed by atoms with van der Waals surface area (Å²) in [4.78, 5) is 12.1. The van der Waals surface area contributed by atoms with Crippen molar-refractivity contribution in [1.29, 1.82) is 0 Å². The number of nitrogens with one attached hydrogen (secondary N) is 2. The van der Waals surface area contributed by atoms with Gasteiger partial charge >= 0.3 is 0 Å². The van der Waals surface area contributed by atoms with Gasteiger partial charge < -0.3 is 19.2 Å². The van der Waals surface area contributed by atoms with Crippen LogP contribution in [0.1, 0.15) is 5.56 Å². The first-order valence-electron chi connectivity index (χ1n) is 9.05. The number of aromatic nitrogens is 2. The zero-order valence-corrected chi connectivity index (χ0v) is 18.0. The van der Waals surface area contributed by atoms with E-state index in [2.05, 4.69) is 20.2 Å². The lowest BCUT2D eigenvalue weighted by atomic mass is 10.2. The van der Waals surface area contributed by atoms with E-state index in [0.717, 1.165) is 23.6 Å². The molecule has 2 heterocycles. The number of hydrogen-bond acceptors (Lipinski definition) is 9. The molecule has 1 amide bonds. The number of thioether (sulfide) groups is 1. The summed E-state index contributed by atoms with van der Waals surface area (Å²) in [6.45, 7) is 0.564. The molecule has 0 radical (unpaired) electrons. The lowest BCUT2D eigenvalue weighted by Gasteiger charge is -2.05. The largest absolute Gasteiger partial charge is 0.454 e. The number of hydrogen-bond donors (Lipinski definition) is 2. The third-order valence-corrected chi connectivity index (χ3v) is 5.52. The molecule has 0 atom stereocenters. The molecular weight excluding hydrogens is 444 g/mol. The third-order valence-electron chi connectivity index (χ3n) is 4.09. The lowest BCUT2D eigenvalue weighted by molar-refractivity contribution is -0.118. The van der Waals surface area contributed by atoms with E-state index in [9.17, 15) is 13.2 Å². The predicted octanol–water partition coefficient (Wildman–Crippen LogP) is 2.25. The van der Waals surface area contributed by atoms with Crippen molar-refractivity contribution in [3.05, 3.63) is 48.0 Å². The predicted molar refractivity (Wildman–Crippen MR) is 113 cm³/mol. The molecule has 4 rings (SSSR count). The molecule has 0 unspecified atom stereocenters. The van der Waals surface area contributed by atoms with E-state index in [-0.39, 0.29) is 29.6 Å². The minimum absolute atomic E-state index is 0.114. The van der Waals surface area contributed by atoms with Crippen molar-refractivity contribution in [2.24, 2.45) is 0 Å². The van der Waals surface area contributed by atoms with Crippen molar-refractivity contribution in [3.63, 3.8) is 0 Å². The van der Waals surface area contributed by atoms with Gasteiger partial charge in [0, 0.05) is 17.8 Å². The van der Waals surface area contributed by atoms with E-state index in [1.807, 2.05) is 18.2 Å². The van der Waals surface area contributed by atoms with E-state index in [1.54, 1.807) is 24.3 Å². The lowest BCUT2D eigenvalue weighted by Crippen LogP contribution is -2.24. The summed E-state index contributed by atoms with van der Waals surface area (Å²) in [5, 5.41) is 11.0. The Morgan fingerprint density at radius 1 is 1.10 bits per heavy atom. The molecule has 2 aromatic carbocycles. The van der Waals surface area contributed by atoms with Crippen LogP contribution in [0.2, 0.25) is 0 Å². The van der Waals surface area contributed by atoms with Gasteiger partial charge in [-0.15, -0.1) is 10.2 Å². The fourth-order valence-corrected chi connectivity index (χ4v) is 3.87. The Morgan fingerprint density at radius 3 is 2.65 bits per heavy atom. The van der Waals surface area contributed by atoms with Crippen molar-refractivity contribution in [2.45, 2.75) is 11.8 Å². The van der Waals surface area contributed by atoms with Gasteiger partial charge in [0.25, 0.3) is 5.22 Å². The van der Waals surface area contributed by atoms with E-state index in [0.29, 0.717) is 29.3 Å². The third kappa shape index (κ3) is 5.67. The molecule has 12 heteroatoms. The van der Waals surface area contributed by atoms with Crippen molar-refractivity contribution in [3.8, 4) is 23.0 Å². The van der Waals surface area contributed by atoms with Crippen LogP contribution in [-0.2, 0) is 21.4 Å². The number of carbonyl (C=O) groups excluding carboxylic acids is 1. The fraction of sp³-hybridized carbons (Fsp3) is 0.211. The van der Waals surface area contributed by atoms with E-state index in [1.165, 1.54) is 0 Å². The molecule has 0 saturated carbocycles. The van der Waals surface area contributed by atoms with Crippen molar-refractivity contribution in [2.75, 3.05) is 23.5 Å². The van der Waals surface area contributed by atoms with Crippen LogP contribution in [0.4, 0.5) is 5.69 Å². The first kappa shape index (κ1) is 21.0. The Morgan fingerprint density at radius 2 is 1.87 bits per heavy atom. The number of fused-ring (bicyclic) bond motifs is 1. The number of ether oxygens (including phenoxy) is 2. The highest BCUT2D eigenvalue weighted by molar-refractivity contribution is 7.99. The van der Waals surface area contributed by atoms with E-state index in [4.69, 9.17) is 13.9 Å². The second-order valence-electron chi connectivity index (χ2n) is 6.58. The van der Waals surface area contributed by atoms with Crippen LogP contribution in [0.15, 0.2) is 52.1 Å². The minimum atomic E-state index is -3.35. The molecule has 1 aromatic heterocycles. The monoisotopic (exact) mass is 462 g/mol. The van der Waals surface area contributed by atoms with E-state index < -0.39 is 10.0 Å². The number of amides is 1. The zero-order chi connectivity index (χ0) is 21.8. The molecule has 1 aliphatic rings. The first-order chi connectivity index (χ1) is 14.9. The van der Waals surface area contributed by atoms with Crippen LogP contribution in [0.3, 0.4) is 0 Å². The summed E-state index contributed by atoms with van der Waals surface area (Å²) in [5.41, 5.74) is 1.96. The second kappa shape index (κ2) is 8.86. The first-order valence-corrected chi connectivity index (χ1v) is 11.9. The normalized spacial score (nSPS) is 12.5. The maximum atomic E-state index is 12.1. The van der Waals surface area contributed by atoms with Crippen LogP contribution in [0.25, 0.3) is 11.5 Å². The van der Waals surface area contributed by atoms with Crippen LogP contribution in [0, 0.1) is 0 Å². The standard InChI is InChI=1S/C19H18N4O6S2/c1-31(25,26)23-14-5-3-13(4-6-14)18-21-22-19(29-18)30-10-17(24)20-9-12-2-7-15-16(8-12)28-11-27-15/h2-8,23H,9-11H2,1H3,(H,20,24). The van der Waals surface area contributed by atoms with Crippen molar-refractivity contribution >= 4 is 33.4 Å². The number of benzene rings is 2. The molecule has 0 bridgehead atoms. The van der Waals surface area contributed by atoms with Crippen molar-refractivity contribution < 1.29 is 27.1 Å². The molecule has 0 spiro atoms. The fourth-order valence-electron chi connectivity index (χ4n) is 2.71. The zero-order valence-electron chi connectivity index (χ0n) is 16.3. The Labute approximate surface area is 182 Å². The van der Waals surface area contributed by atoms with Gasteiger partial charge in [-0.2, -0.15) is 0 Å². The van der Waals surface area contributed by atoms with Crippen LogP contribution in [-0.4, -0.2) is 43.3 Å². The van der Waals surface area contributed by atoms with Crippen LogP contribution >= 0.6 is 11.8 Å². The number of anilines is 1. The maximum absolute atomic E-state index is 12.1. The number of sulfonamides is 1. The number of nitrogens with zero attached hydrogens (tertiary/aromatic N) is 2. The van der Waals surface area contributed by atoms with Gasteiger partial charge in [-0.25, -0.2) is 8.42 Å². The number of rotatable bonds is 8. The van der Waals surface area contributed by atoms with Gasteiger partial charge in [0.2, 0.25) is 28.6 Å². The van der Waals surface area contributed by atoms with Gasteiger partial charge in [-0.3, -0.25) is 9.52 Å². The average Bonchev–Trinajstić information content (AvgIpc) is 3.39. The second-order valence-corrected chi connectivity index (χ2v) is 9.25. The Kier molecular flexibility index (Phi) is 6.00. The SMILES string of the molecule is CS(=O)(=O)Nc1ccc(-c2nnc(SCC(=O)NCc3ccc4c(c3)OCO4)o2)cc1. The van der Waals surface area contributed by atoms with Gasteiger partial charge in [-0.1, -0.05) is 17.8 Å². The Hall–Kier alpha value is -3.25. The quantitative estimate of drug-likeness (QED) is 0.484. The molecule has 0 fully saturated rings. The summed E-state index contributed by atoms with van der Waals surface area (Å²) in [5.74, 6) is 1.57. The smallest absolute Gasteiger partial charge is 0.277 e. The Balaban J connectivity index is 1.27. The highest BCUT2D eigenvalue weighted by Gasteiger charge is 2.14. The molecule has 3 aromatic rings. The van der Waals surface area contributed by atoms with Gasteiger partial charge in [-0.05, 0) is 42.0 Å². The van der Waals surface area contributed by atoms with E-state index >= 15 is 0 Å². The summed E-state index contributed by atoms with van der Waals surface area (Å²) >= 11 is 1.12. The molecule has 10 nitrogen and oxygen atoms in total. The topological polar surface area (TPSA) is 133 Å². The van der Waals surface area contributed by atoms with Gasteiger partial charge in [0.05, 0.1) is 12.0 Å². The summed E-state index contributed by atoms with van der Waals surface area (Å²) < 4.78 is 41.0. The molecule has 0 aliphatic carbocycles. The maximum Gasteiger partial charge on any atom is 0.277 e. The van der Waals surface area contributed by atoms with Gasteiger partial charge in [0.1, 0.15) is 0 Å². The molecular formula is C19H18N4O6S2. The van der Waals surface area contributed by atoms with Gasteiger partial charge in [0.15, 0.2) is 11.5 Å². The summed E-state index contributed by atoms with van der Waals surface area (Å²) in [6, 6.07) is 12.0. The highest BCUT2D eigenvalue weighted by atomic mass is 32.2.